The molecule has 0 amide bonds. The number of rotatable bonds is 4. The molecule has 27 heavy (non-hydrogen) atoms. The van der Waals surface area contributed by atoms with Gasteiger partial charge >= 0.3 is 0 Å². The van der Waals surface area contributed by atoms with Crippen molar-refractivity contribution < 1.29 is 4.74 Å². The fourth-order valence-electron chi connectivity index (χ4n) is 3.77. The first kappa shape index (κ1) is 18.1. The molecule has 2 heterocycles. The first-order valence-corrected chi connectivity index (χ1v) is 10.1. The van der Waals surface area contributed by atoms with Crippen LogP contribution in [0.4, 0.5) is 5.69 Å². The van der Waals surface area contributed by atoms with Gasteiger partial charge < -0.3 is 9.64 Å². The minimum absolute atomic E-state index is 0.497. The smallest absolute Gasteiger partial charge is 0.122 e. The fourth-order valence-corrected chi connectivity index (χ4v) is 3.99. The summed E-state index contributed by atoms with van der Waals surface area (Å²) in [4.78, 5) is 7.28. The number of hydrogen-bond donors (Lipinski definition) is 0. The fraction of sp³-hybridized carbons (Fsp3) is 0.348. The van der Waals surface area contributed by atoms with Crippen LogP contribution in [0, 0.1) is 6.92 Å². The van der Waals surface area contributed by atoms with E-state index in [2.05, 4.69) is 24.0 Å². The molecular formula is C23H25ClN2O. The molecule has 1 saturated heterocycles. The second kappa shape index (κ2) is 8.18. The first-order valence-electron chi connectivity index (χ1n) is 9.73. The molecule has 4 heteroatoms. The van der Waals surface area contributed by atoms with Gasteiger partial charge in [-0.05, 0) is 55.7 Å². The van der Waals surface area contributed by atoms with Crippen molar-refractivity contribution in [3.8, 4) is 5.75 Å². The van der Waals surface area contributed by atoms with E-state index < -0.39 is 0 Å². The molecule has 3 nitrogen and oxygen atoms in total. The summed E-state index contributed by atoms with van der Waals surface area (Å²) in [5, 5.41) is 1.94. The van der Waals surface area contributed by atoms with E-state index in [0.717, 1.165) is 40.6 Å². The highest BCUT2D eigenvalue weighted by Gasteiger charge is 2.14. The molecule has 0 atom stereocenters. The van der Waals surface area contributed by atoms with Crippen LogP contribution in [0.3, 0.4) is 0 Å². The van der Waals surface area contributed by atoms with Gasteiger partial charge in [-0.1, -0.05) is 36.6 Å². The molecule has 4 rings (SSSR count). The molecule has 0 bridgehead atoms. The summed E-state index contributed by atoms with van der Waals surface area (Å²) in [5.74, 6) is 0.836. The highest BCUT2D eigenvalue weighted by molar-refractivity contribution is 6.30. The Morgan fingerprint density at radius 3 is 2.59 bits per heavy atom. The largest absolute Gasteiger partial charge is 0.489 e. The van der Waals surface area contributed by atoms with Gasteiger partial charge in [0.05, 0.1) is 5.52 Å². The Kier molecular flexibility index (Phi) is 5.49. The molecule has 0 radical (unpaired) electrons. The molecule has 0 aliphatic carbocycles. The maximum atomic E-state index is 6.05. The molecule has 140 valence electrons. The van der Waals surface area contributed by atoms with Crippen molar-refractivity contribution >= 4 is 28.2 Å². The molecule has 1 aliphatic rings. The predicted molar refractivity (Wildman–Crippen MR) is 113 cm³/mol. The lowest BCUT2D eigenvalue weighted by molar-refractivity contribution is 0.306. The van der Waals surface area contributed by atoms with Crippen LogP contribution in [0.5, 0.6) is 5.75 Å². The third-order valence-electron chi connectivity index (χ3n) is 5.13. The number of halogens is 1. The lowest BCUT2D eigenvalue weighted by atomic mass is 10.1. The zero-order chi connectivity index (χ0) is 18.6. The molecule has 1 fully saturated rings. The van der Waals surface area contributed by atoms with Crippen LogP contribution >= 0.6 is 11.6 Å². The molecule has 0 saturated carbocycles. The maximum Gasteiger partial charge on any atom is 0.122 e. The molecule has 0 N–H and O–H groups in total. The average Bonchev–Trinajstić information content (AvgIpc) is 2.95. The summed E-state index contributed by atoms with van der Waals surface area (Å²) in [7, 11) is 0. The van der Waals surface area contributed by atoms with Crippen LogP contribution in [0.2, 0.25) is 5.02 Å². The number of nitrogens with zero attached hydrogens (tertiary/aromatic N) is 2. The highest BCUT2D eigenvalue weighted by Crippen LogP contribution is 2.31. The van der Waals surface area contributed by atoms with E-state index >= 15 is 0 Å². The second-order valence-corrected chi connectivity index (χ2v) is 7.72. The van der Waals surface area contributed by atoms with E-state index in [9.17, 15) is 0 Å². The minimum Gasteiger partial charge on any atom is -0.489 e. The lowest BCUT2D eigenvalue weighted by Gasteiger charge is -2.24. The quantitative estimate of drug-likeness (QED) is 0.542. The van der Waals surface area contributed by atoms with Gasteiger partial charge in [0.25, 0.3) is 0 Å². The first-order chi connectivity index (χ1) is 13.2. The van der Waals surface area contributed by atoms with Crippen molar-refractivity contribution in [3.63, 3.8) is 0 Å². The van der Waals surface area contributed by atoms with Crippen LogP contribution in [0.1, 0.15) is 36.9 Å². The number of aromatic nitrogens is 1. The lowest BCUT2D eigenvalue weighted by Crippen LogP contribution is -2.24. The van der Waals surface area contributed by atoms with Gasteiger partial charge in [0.15, 0.2) is 0 Å². The van der Waals surface area contributed by atoms with Gasteiger partial charge in [-0.3, -0.25) is 4.98 Å². The molecule has 1 aliphatic heterocycles. The average molecular weight is 381 g/mol. The molecular weight excluding hydrogens is 356 g/mol. The van der Waals surface area contributed by atoms with E-state index in [1.165, 1.54) is 36.8 Å². The summed E-state index contributed by atoms with van der Waals surface area (Å²) < 4.78 is 5.99. The van der Waals surface area contributed by atoms with Gasteiger partial charge in [0.1, 0.15) is 12.4 Å². The Morgan fingerprint density at radius 2 is 1.81 bits per heavy atom. The van der Waals surface area contributed by atoms with Crippen molar-refractivity contribution in [3.05, 3.63) is 64.8 Å². The van der Waals surface area contributed by atoms with Crippen molar-refractivity contribution in [1.29, 1.82) is 0 Å². The van der Waals surface area contributed by atoms with E-state index in [-0.39, 0.29) is 0 Å². The normalized spacial score (nSPS) is 15.0. The van der Waals surface area contributed by atoms with Crippen molar-refractivity contribution in [2.45, 2.75) is 39.2 Å². The maximum absolute atomic E-state index is 6.05. The van der Waals surface area contributed by atoms with Gasteiger partial charge in [0.2, 0.25) is 0 Å². The second-order valence-electron chi connectivity index (χ2n) is 7.28. The van der Waals surface area contributed by atoms with E-state index in [0.29, 0.717) is 6.61 Å². The number of aryl methyl sites for hydroxylation is 1. The third kappa shape index (κ3) is 4.36. The summed E-state index contributed by atoms with van der Waals surface area (Å²) in [5.41, 5.74) is 4.41. The zero-order valence-corrected chi connectivity index (χ0v) is 16.5. The molecule has 2 aromatic carbocycles. The van der Waals surface area contributed by atoms with Gasteiger partial charge in [0, 0.05) is 40.9 Å². The summed E-state index contributed by atoms with van der Waals surface area (Å²) in [6, 6.07) is 16.2. The van der Waals surface area contributed by atoms with Gasteiger partial charge in [-0.2, -0.15) is 0 Å². The van der Waals surface area contributed by atoms with Crippen LogP contribution in [-0.2, 0) is 6.61 Å². The van der Waals surface area contributed by atoms with Crippen LogP contribution in [0.15, 0.2) is 48.5 Å². The third-order valence-corrected chi connectivity index (χ3v) is 5.36. The minimum atomic E-state index is 0.497. The number of anilines is 1. The van der Waals surface area contributed by atoms with E-state index in [4.69, 9.17) is 21.3 Å². The Hall–Kier alpha value is -2.26. The van der Waals surface area contributed by atoms with Crippen molar-refractivity contribution in [2.75, 3.05) is 18.0 Å². The number of benzene rings is 2. The molecule has 0 spiro atoms. The zero-order valence-electron chi connectivity index (χ0n) is 15.7. The summed E-state index contributed by atoms with van der Waals surface area (Å²) in [6.07, 6.45) is 5.20. The number of fused-ring (bicyclic) bond motifs is 1. The summed E-state index contributed by atoms with van der Waals surface area (Å²) >= 11 is 6.05. The molecule has 0 unspecified atom stereocenters. The van der Waals surface area contributed by atoms with Crippen LogP contribution in [0.25, 0.3) is 10.9 Å². The van der Waals surface area contributed by atoms with E-state index in [1.54, 1.807) is 0 Å². The van der Waals surface area contributed by atoms with Crippen molar-refractivity contribution in [1.82, 2.24) is 4.98 Å². The SMILES string of the molecule is Cc1cc(N2CCCCCC2)c2ccc(OCc3cccc(Cl)c3)cc2n1. The number of pyridine rings is 1. The standard InChI is InChI=1S/C23H25ClN2O/c1-17-13-23(26-11-4-2-3-5-12-26)21-10-9-20(15-22(21)25-17)27-16-18-7-6-8-19(24)14-18/h6-10,13-15H,2-5,11-12,16H2,1H3. The van der Waals surface area contributed by atoms with E-state index in [1.807, 2.05) is 36.4 Å². The number of hydrogen-bond acceptors (Lipinski definition) is 3. The monoisotopic (exact) mass is 380 g/mol. The molecule has 3 aromatic rings. The molecule has 1 aromatic heterocycles. The highest BCUT2D eigenvalue weighted by atomic mass is 35.5. The van der Waals surface area contributed by atoms with Crippen molar-refractivity contribution in [2.24, 2.45) is 0 Å². The summed E-state index contributed by atoms with van der Waals surface area (Å²) in [6.45, 7) is 4.83. The number of ether oxygens (including phenoxy) is 1. The Balaban J connectivity index is 1.60. The van der Waals surface area contributed by atoms with Gasteiger partial charge in [-0.15, -0.1) is 0 Å². The Morgan fingerprint density at radius 1 is 1.00 bits per heavy atom. The topological polar surface area (TPSA) is 25.4 Å². The Bertz CT molecular complexity index is 933. The Labute approximate surface area is 165 Å². The van der Waals surface area contributed by atoms with Crippen LogP contribution in [-0.4, -0.2) is 18.1 Å². The van der Waals surface area contributed by atoms with Gasteiger partial charge in [-0.25, -0.2) is 0 Å². The predicted octanol–water partition coefficient (Wildman–Crippen LogP) is 6.16. The van der Waals surface area contributed by atoms with Crippen LogP contribution < -0.4 is 9.64 Å².